The molecule has 0 unspecified atom stereocenters. The molecule has 1 aromatic rings. The summed E-state index contributed by atoms with van der Waals surface area (Å²) >= 11 is 2.25. The fraction of sp³-hybridized carbons (Fsp3) is 0.182. The van der Waals surface area contributed by atoms with Crippen molar-refractivity contribution in [1.82, 2.24) is 4.90 Å². The Hall–Kier alpha value is -0.840. The maximum atomic E-state index is 11.2. The Bertz CT molecular complexity index is 332. The second-order valence-electron chi connectivity index (χ2n) is 3.02. The minimum absolute atomic E-state index is 0.0523. The minimum Gasteiger partial charge on any atom is -0.338 e. The normalized spacial score (nSPS) is 9.57. The van der Waals surface area contributed by atoms with Crippen LogP contribution in [0.15, 0.2) is 36.9 Å². The number of nitrogens with zero attached hydrogens (tertiary/aromatic N) is 1. The lowest BCUT2D eigenvalue weighted by molar-refractivity contribution is -0.125. The average Bonchev–Trinajstić information content (AvgIpc) is 2.20. The number of halogens is 1. The van der Waals surface area contributed by atoms with Crippen LogP contribution in [0.1, 0.15) is 5.56 Å². The van der Waals surface area contributed by atoms with Crippen molar-refractivity contribution in [3.8, 4) is 0 Å². The van der Waals surface area contributed by atoms with Gasteiger partial charge in [0.05, 0.1) is 0 Å². The highest BCUT2D eigenvalue weighted by Crippen LogP contribution is 2.08. The molecule has 0 bridgehead atoms. The first kappa shape index (κ1) is 11.2. The molecule has 0 saturated heterocycles. The Kier molecular flexibility index (Phi) is 4.13. The van der Waals surface area contributed by atoms with Crippen LogP contribution < -0.4 is 0 Å². The second-order valence-corrected chi connectivity index (χ2v) is 4.27. The van der Waals surface area contributed by atoms with Gasteiger partial charge in [-0.3, -0.25) is 4.79 Å². The summed E-state index contributed by atoms with van der Waals surface area (Å²) in [6.45, 7) is 4.07. The topological polar surface area (TPSA) is 20.3 Å². The van der Waals surface area contributed by atoms with Crippen molar-refractivity contribution in [3.05, 3.63) is 46.1 Å². The van der Waals surface area contributed by atoms with Crippen molar-refractivity contribution >= 4 is 28.5 Å². The Labute approximate surface area is 97.7 Å². The van der Waals surface area contributed by atoms with Gasteiger partial charge >= 0.3 is 0 Å². The summed E-state index contributed by atoms with van der Waals surface area (Å²) in [6.07, 6.45) is 1.33. The molecule has 2 nitrogen and oxygen atoms in total. The van der Waals surface area contributed by atoms with Gasteiger partial charge in [-0.25, -0.2) is 0 Å². The molecule has 1 rings (SSSR count). The number of hydrogen-bond donors (Lipinski definition) is 0. The molecule has 0 aliphatic rings. The first-order chi connectivity index (χ1) is 6.63. The summed E-state index contributed by atoms with van der Waals surface area (Å²) in [5, 5.41) is 0. The van der Waals surface area contributed by atoms with Gasteiger partial charge in [0.25, 0.3) is 0 Å². The Balaban J connectivity index is 2.64. The average molecular weight is 301 g/mol. The first-order valence-electron chi connectivity index (χ1n) is 4.25. The number of carbonyl (C=O) groups is 1. The molecule has 3 heteroatoms. The molecule has 0 saturated carbocycles. The van der Waals surface area contributed by atoms with E-state index in [1.54, 1.807) is 11.9 Å². The van der Waals surface area contributed by atoms with Gasteiger partial charge in [-0.15, -0.1) is 0 Å². The van der Waals surface area contributed by atoms with Crippen molar-refractivity contribution < 1.29 is 4.79 Å². The molecule has 0 spiro atoms. The van der Waals surface area contributed by atoms with Gasteiger partial charge in [-0.1, -0.05) is 18.7 Å². The molecular weight excluding hydrogens is 289 g/mol. The van der Waals surface area contributed by atoms with Gasteiger partial charge in [0.1, 0.15) is 0 Å². The quantitative estimate of drug-likeness (QED) is 0.620. The summed E-state index contributed by atoms with van der Waals surface area (Å²) in [6, 6.07) is 8.10. The highest BCUT2D eigenvalue weighted by Gasteiger charge is 2.04. The Morgan fingerprint density at radius 3 is 2.57 bits per heavy atom. The van der Waals surface area contributed by atoms with Crippen LogP contribution in [0.2, 0.25) is 0 Å². The Morgan fingerprint density at radius 1 is 1.50 bits per heavy atom. The molecule has 0 radical (unpaired) electrons. The summed E-state index contributed by atoms with van der Waals surface area (Å²) in [4.78, 5) is 12.8. The van der Waals surface area contributed by atoms with E-state index in [4.69, 9.17) is 0 Å². The van der Waals surface area contributed by atoms with Crippen LogP contribution >= 0.6 is 22.6 Å². The smallest absolute Gasteiger partial charge is 0.245 e. The molecule has 0 N–H and O–H groups in total. The number of likely N-dealkylation sites (N-methyl/N-ethyl adjacent to an activating group) is 1. The number of benzene rings is 1. The third-order valence-corrected chi connectivity index (χ3v) is 2.60. The highest BCUT2D eigenvalue weighted by atomic mass is 127. The molecule has 0 atom stereocenters. The van der Waals surface area contributed by atoms with Gasteiger partial charge in [0.15, 0.2) is 0 Å². The van der Waals surface area contributed by atoms with Crippen LogP contribution in [0.4, 0.5) is 0 Å². The third kappa shape index (κ3) is 3.14. The van der Waals surface area contributed by atoms with Gasteiger partial charge in [-0.05, 0) is 46.4 Å². The van der Waals surface area contributed by atoms with Crippen molar-refractivity contribution in [2.24, 2.45) is 0 Å². The molecule has 14 heavy (non-hydrogen) atoms. The molecule has 0 aliphatic carbocycles. The predicted octanol–water partition coefficient (Wildman–Crippen LogP) is 2.44. The lowest BCUT2D eigenvalue weighted by Crippen LogP contribution is -2.23. The predicted molar refractivity (Wildman–Crippen MR) is 65.8 cm³/mol. The lowest BCUT2D eigenvalue weighted by Gasteiger charge is -2.14. The first-order valence-corrected chi connectivity index (χ1v) is 5.33. The SMILES string of the molecule is C=CC(=O)N(C)Cc1ccc(I)cc1. The number of amides is 1. The zero-order chi connectivity index (χ0) is 10.6. The molecule has 0 aliphatic heterocycles. The summed E-state index contributed by atoms with van der Waals surface area (Å²) < 4.78 is 1.20. The monoisotopic (exact) mass is 301 g/mol. The van der Waals surface area contributed by atoms with Crippen LogP contribution in [0.3, 0.4) is 0 Å². The van der Waals surface area contributed by atoms with Crippen LogP contribution in [0.25, 0.3) is 0 Å². The van der Waals surface area contributed by atoms with E-state index >= 15 is 0 Å². The minimum atomic E-state index is -0.0523. The second kappa shape index (κ2) is 5.14. The van der Waals surface area contributed by atoms with Crippen molar-refractivity contribution in [3.63, 3.8) is 0 Å². The zero-order valence-electron chi connectivity index (χ0n) is 8.03. The molecule has 1 aromatic carbocycles. The number of hydrogen-bond acceptors (Lipinski definition) is 1. The van der Waals surface area contributed by atoms with Crippen LogP contribution in [0.5, 0.6) is 0 Å². The largest absolute Gasteiger partial charge is 0.338 e. The van der Waals surface area contributed by atoms with E-state index in [-0.39, 0.29) is 5.91 Å². The van der Waals surface area contributed by atoms with Crippen LogP contribution in [-0.4, -0.2) is 17.9 Å². The van der Waals surface area contributed by atoms with Crippen molar-refractivity contribution in [2.45, 2.75) is 6.54 Å². The number of rotatable bonds is 3. The summed E-state index contributed by atoms with van der Waals surface area (Å²) in [7, 11) is 1.77. The van der Waals surface area contributed by atoms with Crippen molar-refractivity contribution in [1.29, 1.82) is 0 Å². The van der Waals surface area contributed by atoms with E-state index < -0.39 is 0 Å². The third-order valence-electron chi connectivity index (χ3n) is 1.88. The number of carbonyl (C=O) groups excluding carboxylic acids is 1. The molecule has 74 valence electrons. The fourth-order valence-corrected chi connectivity index (χ4v) is 1.46. The molecule has 0 fully saturated rings. The summed E-state index contributed by atoms with van der Waals surface area (Å²) in [5.74, 6) is -0.0523. The van der Waals surface area contributed by atoms with Crippen LogP contribution in [0, 0.1) is 3.57 Å². The molecule has 0 heterocycles. The maximum absolute atomic E-state index is 11.2. The van der Waals surface area contributed by atoms with Gasteiger partial charge in [-0.2, -0.15) is 0 Å². The van der Waals surface area contributed by atoms with Crippen LogP contribution in [-0.2, 0) is 11.3 Å². The molecule has 1 amide bonds. The Morgan fingerprint density at radius 2 is 2.07 bits per heavy atom. The molecular formula is C11H12INO. The zero-order valence-corrected chi connectivity index (χ0v) is 10.2. The van der Waals surface area contributed by atoms with E-state index in [1.165, 1.54) is 9.65 Å². The van der Waals surface area contributed by atoms with Crippen molar-refractivity contribution in [2.75, 3.05) is 7.05 Å². The van der Waals surface area contributed by atoms with E-state index in [1.807, 2.05) is 24.3 Å². The van der Waals surface area contributed by atoms with Gasteiger partial charge < -0.3 is 4.90 Å². The maximum Gasteiger partial charge on any atom is 0.245 e. The highest BCUT2D eigenvalue weighted by molar-refractivity contribution is 14.1. The van der Waals surface area contributed by atoms with E-state index in [0.717, 1.165) is 5.56 Å². The van der Waals surface area contributed by atoms with Gasteiger partial charge in [0, 0.05) is 17.2 Å². The van der Waals surface area contributed by atoms with E-state index in [0.29, 0.717) is 6.54 Å². The van der Waals surface area contributed by atoms with Gasteiger partial charge in [0.2, 0.25) is 5.91 Å². The lowest BCUT2D eigenvalue weighted by atomic mass is 10.2. The fourth-order valence-electron chi connectivity index (χ4n) is 1.10. The molecule has 0 aromatic heterocycles. The standard InChI is InChI=1S/C11H12INO/c1-3-11(14)13(2)8-9-4-6-10(12)7-5-9/h3-7H,1,8H2,2H3. The van der Waals surface area contributed by atoms with E-state index in [9.17, 15) is 4.79 Å². The van der Waals surface area contributed by atoms with E-state index in [2.05, 4.69) is 29.2 Å². The summed E-state index contributed by atoms with van der Waals surface area (Å²) in [5.41, 5.74) is 1.13.